The van der Waals surface area contributed by atoms with Crippen molar-refractivity contribution in [1.82, 2.24) is 4.90 Å². The molecule has 0 fully saturated rings. The number of nitrogens with zero attached hydrogens (tertiary/aromatic N) is 1. The zero-order valence-corrected chi connectivity index (χ0v) is 12.1. The van der Waals surface area contributed by atoms with E-state index in [0.29, 0.717) is 18.8 Å². The Labute approximate surface area is 115 Å². The second-order valence-corrected chi connectivity index (χ2v) is 4.44. The van der Waals surface area contributed by atoms with E-state index in [4.69, 9.17) is 10.5 Å². The number of hydrogen-bond acceptors (Lipinski definition) is 3. The van der Waals surface area contributed by atoms with Gasteiger partial charge in [-0.3, -0.25) is 4.79 Å². The highest BCUT2D eigenvalue weighted by Crippen LogP contribution is 2.18. The van der Waals surface area contributed by atoms with E-state index in [9.17, 15) is 4.79 Å². The van der Waals surface area contributed by atoms with Crippen molar-refractivity contribution in [3.63, 3.8) is 0 Å². The number of amides is 1. The average Bonchev–Trinajstić information content (AvgIpc) is 2.46. The molecule has 19 heavy (non-hydrogen) atoms. The quantitative estimate of drug-likeness (QED) is 0.822. The van der Waals surface area contributed by atoms with Gasteiger partial charge in [-0.1, -0.05) is 19.1 Å². The van der Waals surface area contributed by atoms with Crippen molar-refractivity contribution in [3.8, 4) is 5.75 Å². The first-order valence-electron chi connectivity index (χ1n) is 6.88. The Bertz CT molecular complexity index is 386. The molecule has 2 N–H and O–H groups in total. The number of likely N-dealkylation sites (N-methyl/N-ethyl adjacent to an activating group) is 1. The number of benzene rings is 1. The van der Waals surface area contributed by atoms with Crippen LogP contribution < -0.4 is 10.5 Å². The van der Waals surface area contributed by atoms with Gasteiger partial charge in [-0.15, -0.1) is 0 Å². The maximum atomic E-state index is 11.8. The number of ether oxygens (including phenoxy) is 1. The summed E-state index contributed by atoms with van der Waals surface area (Å²) in [5.41, 5.74) is 7.03. The molecule has 4 nitrogen and oxygen atoms in total. The maximum absolute atomic E-state index is 11.8. The Kier molecular flexibility index (Phi) is 6.36. The summed E-state index contributed by atoms with van der Waals surface area (Å²) in [7, 11) is 0. The molecule has 1 rings (SSSR count). The van der Waals surface area contributed by atoms with Crippen LogP contribution in [0.25, 0.3) is 0 Å². The van der Waals surface area contributed by atoms with Gasteiger partial charge >= 0.3 is 0 Å². The normalized spacial score (nSPS) is 12.0. The van der Waals surface area contributed by atoms with Crippen molar-refractivity contribution in [2.24, 2.45) is 5.73 Å². The third kappa shape index (κ3) is 4.56. The van der Waals surface area contributed by atoms with E-state index in [1.165, 1.54) is 0 Å². The minimum atomic E-state index is 0.0133. The van der Waals surface area contributed by atoms with Gasteiger partial charge in [-0.05, 0) is 38.0 Å². The van der Waals surface area contributed by atoms with E-state index < -0.39 is 0 Å². The van der Waals surface area contributed by atoms with Crippen molar-refractivity contribution < 1.29 is 9.53 Å². The third-order valence-corrected chi connectivity index (χ3v) is 3.23. The Balaban J connectivity index is 2.52. The average molecular weight is 264 g/mol. The summed E-state index contributed by atoms with van der Waals surface area (Å²) < 4.78 is 5.49. The van der Waals surface area contributed by atoms with E-state index in [0.717, 1.165) is 12.0 Å². The van der Waals surface area contributed by atoms with Crippen LogP contribution in [0.3, 0.4) is 0 Å². The number of rotatable bonds is 7. The van der Waals surface area contributed by atoms with Crippen LogP contribution in [0.1, 0.15) is 38.8 Å². The molecule has 0 aliphatic carbocycles. The summed E-state index contributed by atoms with van der Waals surface area (Å²) in [4.78, 5) is 13.5. The topological polar surface area (TPSA) is 55.6 Å². The molecule has 0 saturated carbocycles. The molecular weight excluding hydrogens is 240 g/mol. The van der Waals surface area contributed by atoms with E-state index in [1.54, 1.807) is 4.90 Å². The van der Waals surface area contributed by atoms with Gasteiger partial charge in [-0.25, -0.2) is 0 Å². The van der Waals surface area contributed by atoms with Crippen LogP contribution in [0, 0.1) is 0 Å². The van der Waals surface area contributed by atoms with Crippen LogP contribution in [-0.2, 0) is 4.79 Å². The lowest BCUT2D eigenvalue weighted by Crippen LogP contribution is -2.34. The molecule has 0 saturated heterocycles. The van der Waals surface area contributed by atoms with E-state index in [-0.39, 0.29) is 18.6 Å². The molecule has 0 heterocycles. The summed E-state index contributed by atoms with van der Waals surface area (Å²) in [6, 6.07) is 7.68. The lowest BCUT2D eigenvalue weighted by atomic mass is 10.1. The standard InChI is InChI=1S/C15H24N2O2/c1-4-14(16)12-7-9-13(10-8-12)19-11-15(18)17(5-2)6-3/h7-10,14H,4-6,11,16H2,1-3H3. The van der Waals surface area contributed by atoms with Crippen molar-refractivity contribution >= 4 is 5.91 Å². The van der Waals surface area contributed by atoms with E-state index in [2.05, 4.69) is 6.92 Å². The second-order valence-electron chi connectivity index (χ2n) is 4.44. The van der Waals surface area contributed by atoms with Gasteiger partial charge in [0.15, 0.2) is 6.61 Å². The van der Waals surface area contributed by atoms with Gasteiger partial charge < -0.3 is 15.4 Å². The zero-order valence-electron chi connectivity index (χ0n) is 12.1. The van der Waals surface area contributed by atoms with Gasteiger partial charge in [0, 0.05) is 19.1 Å². The molecule has 1 atom stereocenters. The third-order valence-electron chi connectivity index (χ3n) is 3.23. The lowest BCUT2D eigenvalue weighted by molar-refractivity contribution is -0.132. The largest absolute Gasteiger partial charge is 0.484 e. The highest BCUT2D eigenvalue weighted by Gasteiger charge is 2.10. The molecule has 0 aromatic heterocycles. The zero-order chi connectivity index (χ0) is 14.3. The minimum Gasteiger partial charge on any atom is -0.484 e. The molecule has 4 heteroatoms. The summed E-state index contributed by atoms with van der Waals surface area (Å²) in [6.07, 6.45) is 0.903. The molecule has 1 unspecified atom stereocenters. The van der Waals surface area contributed by atoms with Crippen molar-refractivity contribution in [2.45, 2.75) is 33.2 Å². The number of carbonyl (C=O) groups excluding carboxylic acids is 1. The number of nitrogens with two attached hydrogens (primary N) is 1. The van der Waals surface area contributed by atoms with Crippen LogP contribution in [0.4, 0.5) is 0 Å². The van der Waals surface area contributed by atoms with Gasteiger partial charge in [0.25, 0.3) is 5.91 Å². The van der Waals surface area contributed by atoms with Crippen molar-refractivity contribution in [3.05, 3.63) is 29.8 Å². The molecule has 1 aromatic rings. The van der Waals surface area contributed by atoms with Gasteiger partial charge in [0.05, 0.1) is 0 Å². The van der Waals surface area contributed by atoms with Gasteiger partial charge in [-0.2, -0.15) is 0 Å². The Morgan fingerprint density at radius 2 is 1.79 bits per heavy atom. The fourth-order valence-electron chi connectivity index (χ4n) is 1.86. The predicted octanol–water partition coefficient (Wildman–Crippen LogP) is 2.34. The fraction of sp³-hybridized carbons (Fsp3) is 0.533. The van der Waals surface area contributed by atoms with E-state index >= 15 is 0 Å². The fourth-order valence-corrected chi connectivity index (χ4v) is 1.86. The first-order valence-corrected chi connectivity index (χ1v) is 6.88. The summed E-state index contributed by atoms with van der Waals surface area (Å²) in [5, 5.41) is 0. The first kappa shape index (κ1) is 15.5. The Hall–Kier alpha value is -1.55. The monoisotopic (exact) mass is 264 g/mol. The van der Waals surface area contributed by atoms with Crippen LogP contribution in [0.15, 0.2) is 24.3 Å². The number of carbonyl (C=O) groups is 1. The minimum absolute atomic E-state index is 0.0133. The van der Waals surface area contributed by atoms with Crippen LogP contribution >= 0.6 is 0 Å². The summed E-state index contributed by atoms with van der Waals surface area (Å²) in [6.45, 7) is 7.48. The van der Waals surface area contributed by atoms with Crippen molar-refractivity contribution in [2.75, 3.05) is 19.7 Å². The molecule has 0 spiro atoms. The second kappa shape index (κ2) is 7.79. The first-order chi connectivity index (χ1) is 9.12. The number of hydrogen-bond donors (Lipinski definition) is 1. The molecule has 0 aliphatic heterocycles. The van der Waals surface area contributed by atoms with E-state index in [1.807, 2.05) is 38.1 Å². The Morgan fingerprint density at radius 1 is 1.21 bits per heavy atom. The van der Waals surface area contributed by atoms with Crippen LogP contribution in [0.2, 0.25) is 0 Å². The maximum Gasteiger partial charge on any atom is 0.260 e. The molecule has 0 aliphatic rings. The SMILES string of the molecule is CCC(N)c1ccc(OCC(=O)N(CC)CC)cc1. The van der Waals surface area contributed by atoms with Crippen LogP contribution in [0.5, 0.6) is 5.75 Å². The molecule has 1 amide bonds. The summed E-state index contributed by atoms with van der Waals surface area (Å²) in [5.74, 6) is 0.715. The van der Waals surface area contributed by atoms with Gasteiger partial charge in [0.2, 0.25) is 0 Å². The molecule has 0 bridgehead atoms. The lowest BCUT2D eigenvalue weighted by Gasteiger charge is -2.18. The molecule has 106 valence electrons. The van der Waals surface area contributed by atoms with Crippen LogP contribution in [-0.4, -0.2) is 30.5 Å². The molecule has 1 aromatic carbocycles. The summed E-state index contributed by atoms with van der Waals surface area (Å²) >= 11 is 0. The highest BCUT2D eigenvalue weighted by molar-refractivity contribution is 5.77. The molecular formula is C15H24N2O2. The Morgan fingerprint density at radius 3 is 2.26 bits per heavy atom. The smallest absolute Gasteiger partial charge is 0.260 e. The van der Waals surface area contributed by atoms with Gasteiger partial charge in [0.1, 0.15) is 5.75 Å². The highest BCUT2D eigenvalue weighted by atomic mass is 16.5. The predicted molar refractivity (Wildman–Crippen MR) is 77.1 cm³/mol. The molecule has 0 radical (unpaired) electrons. The van der Waals surface area contributed by atoms with Crippen molar-refractivity contribution in [1.29, 1.82) is 0 Å².